The molecule has 0 unspecified atom stereocenters. The lowest BCUT2D eigenvalue weighted by Gasteiger charge is -2.06. The molecule has 2 heteroatoms. The highest BCUT2D eigenvalue weighted by Gasteiger charge is 2.23. The molecule has 0 aromatic heterocycles. The minimum atomic E-state index is 0.244. The van der Waals surface area contributed by atoms with E-state index in [9.17, 15) is 4.79 Å². The molecule has 0 heterocycles. The number of hydrogen-bond acceptors (Lipinski definition) is 2. The lowest BCUT2D eigenvalue weighted by Crippen LogP contribution is -1.98. The summed E-state index contributed by atoms with van der Waals surface area (Å²) in [6.07, 6.45) is 3.24. The molecule has 1 aliphatic rings. The van der Waals surface area contributed by atoms with Crippen LogP contribution in [0.4, 0.5) is 0 Å². The van der Waals surface area contributed by atoms with Crippen LogP contribution < -0.4 is 0 Å². The van der Waals surface area contributed by atoms with E-state index in [1.807, 2.05) is 23.9 Å². The molecule has 1 aliphatic carbocycles. The van der Waals surface area contributed by atoms with Crippen molar-refractivity contribution in [1.29, 1.82) is 0 Å². The van der Waals surface area contributed by atoms with Gasteiger partial charge < -0.3 is 0 Å². The minimum absolute atomic E-state index is 0.244. The fraction of sp³-hybridized carbons (Fsp3) is 0.417. The highest BCUT2D eigenvalue weighted by Crippen LogP contribution is 2.40. The topological polar surface area (TPSA) is 17.1 Å². The molecule has 0 N–H and O–H groups in total. The molecule has 0 aliphatic heterocycles. The number of carbonyl (C=O) groups excluding carboxylic acids is 1. The van der Waals surface area contributed by atoms with E-state index in [1.165, 1.54) is 23.3 Å². The first-order valence-electron chi connectivity index (χ1n) is 4.99. The average Bonchev–Trinajstić information content (AvgIpc) is 2.91. The van der Waals surface area contributed by atoms with Gasteiger partial charge in [0.05, 0.1) is 0 Å². The van der Waals surface area contributed by atoms with Crippen molar-refractivity contribution in [1.82, 2.24) is 0 Å². The number of ketones is 1. The summed E-state index contributed by atoms with van der Waals surface area (Å²) in [5.74, 6) is 0.244. The Labute approximate surface area is 88.9 Å². The van der Waals surface area contributed by atoms with Gasteiger partial charge in [-0.2, -0.15) is 0 Å². The van der Waals surface area contributed by atoms with E-state index in [0.29, 0.717) is 6.42 Å². The van der Waals surface area contributed by atoms with Gasteiger partial charge >= 0.3 is 0 Å². The third-order valence-corrected chi connectivity index (χ3v) is 3.69. The van der Waals surface area contributed by atoms with E-state index >= 15 is 0 Å². The highest BCUT2D eigenvalue weighted by atomic mass is 32.2. The Balaban J connectivity index is 2.14. The number of hydrogen-bond donors (Lipinski definition) is 0. The van der Waals surface area contributed by atoms with E-state index in [4.69, 9.17) is 0 Å². The Morgan fingerprint density at radius 2 is 2.14 bits per heavy atom. The van der Waals surface area contributed by atoms with Gasteiger partial charge in [-0.15, -0.1) is 11.8 Å². The van der Waals surface area contributed by atoms with Gasteiger partial charge in [0.15, 0.2) is 0 Å². The fourth-order valence-electron chi connectivity index (χ4n) is 1.40. The van der Waals surface area contributed by atoms with Crippen molar-refractivity contribution < 1.29 is 4.79 Å². The molecule has 1 aromatic rings. The van der Waals surface area contributed by atoms with Gasteiger partial charge in [-0.25, -0.2) is 0 Å². The lowest BCUT2D eigenvalue weighted by molar-refractivity contribution is -0.116. The normalized spacial score (nSPS) is 15.5. The minimum Gasteiger partial charge on any atom is -0.300 e. The summed E-state index contributed by atoms with van der Waals surface area (Å²) in [6, 6.07) is 8.25. The highest BCUT2D eigenvalue weighted by molar-refractivity contribution is 8.00. The molecule has 1 fully saturated rings. The standard InChI is InChI=1S/C12H14OS/c1-9(13)8-10-4-2-3-5-12(10)14-11-6-7-11/h2-5,11H,6-8H2,1H3. The Morgan fingerprint density at radius 1 is 1.43 bits per heavy atom. The van der Waals surface area contributed by atoms with E-state index in [0.717, 1.165) is 5.25 Å². The van der Waals surface area contributed by atoms with E-state index in [2.05, 4.69) is 12.1 Å². The summed E-state index contributed by atoms with van der Waals surface area (Å²) in [5.41, 5.74) is 1.19. The van der Waals surface area contributed by atoms with Gasteiger partial charge in [-0.3, -0.25) is 4.79 Å². The maximum atomic E-state index is 11.1. The molecular weight excluding hydrogens is 192 g/mol. The Bertz CT molecular complexity index is 342. The Kier molecular flexibility index (Phi) is 2.92. The molecular formula is C12H14OS. The van der Waals surface area contributed by atoms with Crippen LogP contribution in [0.15, 0.2) is 29.2 Å². The maximum absolute atomic E-state index is 11.1. The van der Waals surface area contributed by atoms with Gasteiger partial charge in [0.2, 0.25) is 0 Å². The van der Waals surface area contributed by atoms with E-state index in [1.54, 1.807) is 6.92 Å². The zero-order valence-corrected chi connectivity index (χ0v) is 9.14. The van der Waals surface area contributed by atoms with Crippen molar-refractivity contribution in [3.05, 3.63) is 29.8 Å². The fourth-order valence-corrected chi connectivity index (χ4v) is 2.58. The van der Waals surface area contributed by atoms with Crippen molar-refractivity contribution >= 4 is 17.5 Å². The number of benzene rings is 1. The van der Waals surface area contributed by atoms with Crippen molar-refractivity contribution in [2.45, 2.75) is 36.3 Å². The second-order valence-electron chi connectivity index (χ2n) is 3.80. The summed E-state index contributed by atoms with van der Waals surface area (Å²) >= 11 is 1.93. The van der Waals surface area contributed by atoms with Gasteiger partial charge in [0, 0.05) is 16.6 Å². The molecule has 74 valence electrons. The average molecular weight is 206 g/mol. The molecule has 1 saturated carbocycles. The number of Topliss-reactive ketones (excluding diaryl/α,β-unsaturated/α-hetero) is 1. The van der Waals surface area contributed by atoms with Gasteiger partial charge in [0.1, 0.15) is 5.78 Å². The first-order chi connectivity index (χ1) is 6.75. The molecule has 1 aromatic carbocycles. The predicted octanol–water partition coefficient (Wildman–Crippen LogP) is 3.07. The smallest absolute Gasteiger partial charge is 0.134 e. The summed E-state index contributed by atoms with van der Waals surface area (Å²) in [4.78, 5) is 12.4. The molecule has 0 bridgehead atoms. The van der Waals surface area contributed by atoms with E-state index in [-0.39, 0.29) is 5.78 Å². The summed E-state index contributed by atoms with van der Waals surface area (Å²) < 4.78 is 0. The van der Waals surface area contributed by atoms with Crippen LogP contribution >= 0.6 is 11.8 Å². The largest absolute Gasteiger partial charge is 0.300 e. The molecule has 0 atom stereocenters. The molecule has 0 amide bonds. The first-order valence-corrected chi connectivity index (χ1v) is 5.87. The molecule has 0 saturated heterocycles. The number of carbonyl (C=O) groups is 1. The second kappa shape index (κ2) is 4.18. The third-order valence-electron chi connectivity index (χ3n) is 2.23. The second-order valence-corrected chi connectivity index (χ2v) is 5.15. The molecule has 1 nitrogen and oxygen atoms in total. The number of rotatable bonds is 4. The van der Waals surface area contributed by atoms with E-state index < -0.39 is 0 Å². The van der Waals surface area contributed by atoms with Crippen LogP contribution in [-0.4, -0.2) is 11.0 Å². The summed E-state index contributed by atoms with van der Waals surface area (Å²) in [6.45, 7) is 1.65. The Hall–Kier alpha value is -0.760. The quantitative estimate of drug-likeness (QED) is 0.753. The zero-order valence-electron chi connectivity index (χ0n) is 8.32. The van der Waals surface area contributed by atoms with Crippen molar-refractivity contribution in [3.8, 4) is 0 Å². The molecule has 2 rings (SSSR count). The van der Waals surface area contributed by atoms with Crippen LogP contribution in [0.25, 0.3) is 0 Å². The summed E-state index contributed by atoms with van der Waals surface area (Å²) in [5, 5.41) is 0.808. The van der Waals surface area contributed by atoms with Crippen LogP contribution in [0.3, 0.4) is 0 Å². The SMILES string of the molecule is CC(=O)Cc1ccccc1SC1CC1. The Morgan fingerprint density at radius 3 is 2.79 bits per heavy atom. The zero-order chi connectivity index (χ0) is 9.97. The van der Waals surface area contributed by atoms with Gasteiger partial charge in [-0.05, 0) is 31.4 Å². The van der Waals surface area contributed by atoms with Crippen LogP contribution in [0.5, 0.6) is 0 Å². The van der Waals surface area contributed by atoms with Gasteiger partial charge in [0.25, 0.3) is 0 Å². The summed E-state index contributed by atoms with van der Waals surface area (Å²) in [7, 11) is 0. The van der Waals surface area contributed by atoms with Gasteiger partial charge in [-0.1, -0.05) is 18.2 Å². The van der Waals surface area contributed by atoms with Crippen molar-refractivity contribution in [2.75, 3.05) is 0 Å². The molecule has 14 heavy (non-hydrogen) atoms. The maximum Gasteiger partial charge on any atom is 0.134 e. The van der Waals surface area contributed by atoms with Crippen molar-refractivity contribution in [3.63, 3.8) is 0 Å². The monoisotopic (exact) mass is 206 g/mol. The molecule has 0 radical (unpaired) electrons. The van der Waals surface area contributed by atoms with Crippen LogP contribution in [0, 0.1) is 0 Å². The van der Waals surface area contributed by atoms with Crippen LogP contribution in [0.2, 0.25) is 0 Å². The third kappa shape index (κ3) is 2.61. The van der Waals surface area contributed by atoms with Crippen molar-refractivity contribution in [2.24, 2.45) is 0 Å². The lowest BCUT2D eigenvalue weighted by atomic mass is 10.1. The predicted molar refractivity (Wildman–Crippen MR) is 59.7 cm³/mol. The first kappa shape index (κ1) is 9.78. The van der Waals surface area contributed by atoms with Crippen LogP contribution in [-0.2, 0) is 11.2 Å². The van der Waals surface area contributed by atoms with Crippen LogP contribution in [0.1, 0.15) is 25.3 Å². The molecule has 0 spiro atoms. The number of thioether (sulfide) groups is 1.